The Morgan fingerprint density at radius 2 is 1.83 bits per heavy atom. The zero-order valence-electron chi connectivity index (χ0n) is 16.0. The molecule has 0 saturated heterocycles. The highest BCUT2D eigenvalue weighted by Gasteiger charge is 2.27. The molecule has 0 aliphatic carbocycles. The summed E-state index contributed by atoms with van der Waals surface area (Å²) in [6.07, 6.45) is 3.33. The second kappa shape index (κ2) is 10.5. The number of hydrogen-bond donors (Lipinski definition) is 3. The van der Waals surface area contributed by atoms with Crippen LogP contribution < -0.4 is 16.8 Å². The van der Waals surface area contributed by atoms with Gasteiger partial charge in [0.1, 0.15) is 0 Å². The van der Waals surface area contributed by atoms with Crippen LogP contribution in [0.15, 0.2) is 71.5 Å². The van der Waals surface area contributed by atoms with Crippen LogP contribution in [0.4, 0.5) is 0 Å². The maximum absolute atomic E-state index is 12.8. The van der Waals surface area contributed by atoms with Gasteiger partial charge in [0.15, 0.2) is 0 Å². The number of primary amides is 1. The van der Waals surface area contributed by atoms with Gasteiger partial charge in [-0.05, 0) is 30.5 Å². The molecule has 1 heterocycles. The first kappa shape index (κ1) is 21.5. The van der Waals surface area contributed by atoms with Crippen molar-refractivity contribution in [2.45, 2.75) is 18.9 Å². The van der Waals surface area contributed by atoms with Crippen LogP contribution in [0.5, 0.6) is 0 Å². The highest BCUT2D eigenvalue weighted by atomic mass is 16.2. The van der Waals surface area contributed by atoms with Crippen molar-refractivity contribution in [2.24, 2.45) is 16.5 Å². The number of nitrogens with one attached hydrogen (secondary N) is 1. The number of carbonyl (C=O) groups is 3. The summed E-state index contributed by atoms with van der Waals surface area (Å²) < 4.78 is 0. The predicted octanol–water partition coefficient (Wildman–Crippen LogP) is 0.515. The molecule has 0 fully saturated rings. The molecule has 0 radical (unpaired) electrons. The van der Waals surface area contributed by atoms with Crippen molar-refractivity contribution >= 4 is 23.3 Å². The topological polar surface area (TPSA) is 141 Å². The molecule has 0 aliphatic heterocycles. The molecule has 2 rings (SSSR count). The molecular formula is C21H23N5O3. The lowest BCUT2D eigenvalue weighted by Gasteiger charge is -2.18. The van der Waals surface area contributed by atoms with Crippen LogP contribution in [0.2, 0.25) is 0 Å². The van der Waals surface area contributed by atoms with Crippen LogP contribution in [-0.4, -0.2) is 41.4 Å². The zero-order chi connectivity index (χ0) is 21.2. The van der Waals surface area contributed by atoms with Gasteiger partial charge in [0.2, 0.25) is 5.78 Å². The number of benzene rings is 1. The minimum absolute atomic E-state index is 0.0354. The summed E-state index contributed by atoms with van der Waals surface area (Å²) in [7, 11) is 1.50. The third-order valence-corrected chi connectivity index (χ3v) is 4.23. The number of hydrogen-bond acceptors (Lipinski definition) is 6. The standard InChI is InChI=1S/C21H23N5O3/c1-24-18(16-9-5-6-12-25-16)15(13-22)21(29)26-17(19(27)20(23)28)11-10-14-7-3-2-4-8-14/h2-9,12-13,17H,10-11,22H2,1H3,(H2,23,28)(H,26,29)/b15-13+,24-18?. The Labute approximate surface area is 168 Å². The van der Waals surface area contributed by atoms with Crippen molar-refractivity contribution in [2.75, 3.05) is 7.05 Å². The predicted molar refractivity (Wildman–Crippen MR) is 110 cm³/mol. The van der Waals surface area contributed by atoms with Crippen molar-refractivity contribution in [3.8, 4) is 0 Å². The van der Waals surface area contributed by atoms with E-state index >= 15 is 0 Å². The summed E-state index contributed by atoms with van der Waals surface area (Å²) >= 11 is 0. The van der Waals surface area contributed by atoms with Crippen molar-refractivity contribution in [3.63, 3.8) is 0 Å². The smallest absolute Gasteiger partial charge is 0.287 e. The van der Waals surface area contributed by atoms with E-state index in [-0.39, 0.29) is 17.7 Å². The molecular weight excluding hydrogens is 370 g/mol. The molecule has 2 amide bonds. The number of amides is 2. The van der Waals surface area contributed by atoms with Gasteiger partial charge in [0, 0.05) is 19.4 Å². The number of aromatic nitrogens is 1. The minimum Gasteiger partial charge on any atom is -0.404 e. The first-order valence-electron chi connectivity index (χ1n) is 8.96. The number of Topliss-reactive ketones (excluding diaryl/α,β-unsaturated/α-hetero) is 1. The number of pyridine rings is 1. The van der Waals surface area contributed by atoms with E-state index in [4.69, 9.17) is 11.5 Å². The van der Waals surface area contributed by atoms with E-state index < -0.39 is 23.6 Å². The molecule has 0 saturated carbocycles. The van der Waals surface area contributed by atoms with Gasteiger partial charge >= 0.3 is 0 Å². The Bertz CT molecular complexity index is 924. The maximum Gasteiger partial charge on any atom is 0.287 e. The molecule has 1 unspecified atom stereocenters. The highest BCUT2D eigenvalue weighted by molar-refractivity contribution is 6.38. The fourth-order valence-electron chi connectivity index (χ4n) is 2.77. The number of carbonyl (C=O) groups excluding carboxylic acids is 3. The summed E-state index contributed by atoms with van der Waals surface area (Å²) in [5, 5.41) is 2.56. The highest BCUT2D eigenvalue weighted by Crippen LogP contribution is 2.10. The van der Waals surface area contributed by atoms with Crippen molar-refractivity contribution in [1.82, 2.24) is 10.3 Å². The first-order chi connectivity index (χ1) is 14.0. The molecule has 8 nitrogen and oxygen atoms in total. The molecule has 0 bridgehead atoms. The molecule has 0 spiro atoms. The average molecular weight is 393 g/mol. The molecule has 1 aromatic carbocycles. The van der Waals surface area contributed by atoms with Gasteiger partial charge in [-0.25, -0.2) is 0 Å². The van der Waals surface area contributed by atoms with Crippen LogP contribution in [-0.2, 0) is 20.8 Å². The number of nitrogens with zero attached hydrogens (tertiary/aromatic N) is 2. The summed E-state index contributed by atoms with van der Waals surface area (Å²) in [6, 6.07) is 13.5. The number of nitrogens with two attached hydrogens (primary N) is 2. The molecule has 150 valence electrons. The lowest BCUT2D eigenvalue weighted by Crippen LogP contribution is -2.47. The maximum atomic E-state index is 12.8. The lowest BCUT2D eigenvalue weighted by atomic mass is 10.0. The van der Waals surface area contributed by atoms with Crippen LogP contribution in [0, 0.1) is 0 Å². The lowest BCUT2D eigenvalue weighted by molar-refractivity contribution is -0.138. The van der Waals surface area contributed by atoms with Crippen LogP contribution >= 0.6 is 0 Å². The number of rotatable bonds is 9. The molecule has 1 aromatic heterocycles. The third kappa shape index (κ3) is 5.83. The zero-order valence-corrected chi connectivity index (χ0v) is 16.0. The van der Waals surface area contributed by atoms with E-state index in [0.717, 1.165) is 11.8 Å². The molecule has 5 N–H and O–H groups in total. The third-order valence-electron chi connectivity index (χ3n) is 4.23. The molecule has 1 atom stereocenters. The quantitative estimate of drug-likeness (QED) is 0.323. The molecule has 0 aliphatic rings. The summed E-state index contributed by atoms with van der Waals surface area (Å²) in [6.45, 7) is 0. The number of aryl methyl sites for hydroxylation is 1. The molecule has 2 aromatic rings. The van der Waals surface area contributed by atoms with Gasteiger partial charge in [-0.2, -0.15) is 0 Å². The Hall–Kier alpha value is -3.81. The van der Waals surface area contributed by atoms with Crippen molar-refractivity contribution in [3.05, 3.63) is 77.8 Å². The normalized spacial score (nSPS) is 12.9. The van der Waals surface area contributed by atoms with Crippen molar-refractivity contribution < 1.29 is 14.4 Å². The van der Waals surface area contributed by atoms with Gasteiger partial charge in [-0.3, -0.25) is 24.4 Å². The van der Waals surface area contributed by atoms with E-state index in [9.17, 15) is 14.4 Å². The minimum atomic E-state index is -1.12. The van der Waals surface area contributed by atoms with Crippen LogP contribution in [0.1, 0.15) is 17.7 Å². The van der Waals surface area contributed by atoms with Crippen LogP contribution in [0.25, 0.3) is 0 Å². The fraction of sp³-hybridized carbons (Fsp3) is 0.190. The number of ketones is 1. The number of aliphatic imine (C=N–C) groups is 1. The summed E-state index contributed by atoms with van der Waals surface area (Å²) in [4.78, 5) is 44.8. The van der Waals surface area contributed by atoms with E-state index in [0.29, 0.717) is 12.1 Å². The fourth-order valence-corrected chi connectivity index (χ4v) is 2.77. The monoisotopic (exact) mass is 393 g/mol. The molecule has 8 heteroatoms. The Morgan fingerprint density at radius 3 is 2.38 bits per heavy atom. The summed E-state index contributed by atoms with van der Waals surface area (Å²) in [5.74, 6) is -2.64. The van der Waals surface area contributed by atoms with E-state index in [1.165, 1.54) is 7.05 Å². The van der Waals surface area contributed by atoms with E-state index in [2.05, 4.69) is 15.3 Å². The van der Waals surface area contributed by atoms with Crippen LogP contribution in [0.3, 0.4) is 0 Å². The van der Waals surface area contributed by atoms with Gasteiger partial charge in [0.05, 0.1) is 23.0 Å². The SMILES string of the molecule is CN=C(/C(=C\N)C(=O)NC(CCc1ccccc1)C(=O)C(N)=O)c1ccccn1. The van der Waals surface area contributed by atoms with Gasteiger partial charge in [-0.1, -0.05) is 36.4 Å². The Balaban J connectivity index is 2.20. The van der Waals surface area contributed by atoms with Gasteiger partial charge in [0.25, 0.3) is 11.8 Å². The van der Waals surface area contributed by atoms with E-state index in [1.54, 1.807) is 24.4 Å². The summed E-state index contributed by atoms with van der Waals surface area (Å²) in [5.41, 5.74) is 12.5. The van der Waals surface area contributed by atoms with Gasteiger partial charge < -0.3 is 16.8 Å². The average Bonchev–Trinajstić information content (AvgIpc) is 2.75. The first-order valence-corrected chi connectivity index (χ1v) is 8.96. The Kier molecular flexibility index (Phi) is 7.78. The Morgan fingerprint density at radius 1 is 1.14 bits per heavy atom. The van der Waals surface area contributed by atoms with E-state index in [1.807, 2.05) is 30.3 Å². The van der Waals surface area contributed by atoms with Gasteiger partial charge in [-0.15, -0.1) is 0 Å². The second-order valence-corrected chi connectivity index (χ2v) is 6.15. The van der Waals surface area contributed by atoms with Crippen molar-refractivity contribution in [1.29, 1.82) is 0 Å². The largest absolute Gasteiger partial charge is 0.404 e. The molecule has 29 heavy (non-hydrogen) atoms. The second-order valence-electron chi connectivity index (χ2n) is 6.15.